The number of carbonyl (C=O) groups is 1. The highest BCUT2D eigenvalue weighted by atomic mass is 32.2. The second kappa shape index (κ2) is 5.98. The van der Waals surface area contributed by atoms with Crippen molar-refractivity contribution in [2.24, 2.45) is 5.92 Å². The Morgan fingerprint density at radius 3 is 2.48 bits per heavy atom. The predicted molar refractivity (Wildman–Crippen MR) is 71.9 cm³/mol. The SMILES string of the molecule is C[C@](C#N)(NC(=O)CSc1c(F)cc(F)cc1F)C1CC1. The van der Waals surface area contributed by atoms with Crippen LogP contribution in [-0.2, 0) is 4.79 Å². The number of carbonyl (C=O) groups excluding carboxylic acids is 1. The molecule has 0 radical (unpaired) electrons. The zero-order valence-corrected chi connectivity index (χ0v) is 12.1. The summed E-state index contributed by atoms with van der Waals surface area (Å²) in [6.45, 7) is 1.63. The van der Waals surface area contributed by atoms with Gasteiger partial charge in [-0.1, -0.05) is 0 Å². The molecule has 2 rings (SSSR count). The molecular formula is C14H13F3N2OS. The van der Waals surface area contributed by atoms with Crippen LogP contribution in [0.15, 0.2) is 17.0 Å². The quantitative estimate of drug-likeness (QED) is 0.850. The van der Waals surface area contributed by atoms with Gasteiger partial charge >= 0.3 is 0 Å². The van der Waals surface area contributed by atoms with Gasteiger partial charge in [-0.2, -0.15) is 5.26 Å². The minimum atomic E-state index is -1.05. The van der Waals surface area contributed by atoms with E-state index in [0.29, 0.717) is 23.9 Å². The Labute approximate surface area is 124 Å². The Balaban J connectivity index is 1.97. The maximum atomic E-state index is 13.4. The third-order valence-electron chi connectivity index (χ3n) is 3.34. The minimum Gasteiger partial charge on any atom is -0.337 e. The molecule has 1 atom stereocenters. The van der Waals surface area contributed by atoms with Crippen molar-refractivity contribution in [2.45, 2.75) is 30.2 Å². The van der Waals surface area contributed by atoms with Gasteiger partial charge in [0.25, 0.3) is 0 Å². The van der Waals surface area contributed by atoms with Gasteiger partial charge in [0, 0.05) is 12.1 Å². The minimum absolute atomic E-state index is 0.121. The van der Waals surface area contributed by atoms with Crippen LogP contribution in [0.2, 0.25) is 0 Å². The van der Waals surface area contributed by atoms with E-state index in [0.717, 1.165) is 12.8 Å². The first kappa shape index (κ1) is 15.7. The van der Waals surface area contributed by atoms with Crippen LogP contribution in [0.4, 0.5) is 13.2 Å². The van der Waals surface area contributed by atoms with Crippen LogP contribution < -0.4 is 5.32 Å². The number of benzene rings is 1. The van der Waals surface area contributed by atoms with Gasteiger partial charge in [0.05, 0.1) is 16.7 Å². The molecule has 0 spiro atoms. The molecule has 1 N–H and O–H groups in total. The van der Waals surface area contributed by atoms with Crippen LogP contribution in [-0.4, -0.2) is 17.2 Å². The average molecular weight is 314 g/mol. The summed E-state index contributed by atoms with van der Waals surface area (Å²) in [6, 6.07) is 3.19. The van der Waals surface area contributed by atoms with E-state index in [1.807, 2.05) is 0 Å². The van der Waals surface area contributed by atoms with E-state index < -0.39 is 33.8 Å². The van der Waals surface area contributed by atoms with Crippen LogP contribution in [0.1, 0.15) is 19.8 Å². The number of nitrogens with one attached hydrogen (secondary N) is 1. The van der Waals surface area contributed by atoms with Gasteiger partial charge in [-0.05, 0) is 25.7 Å². The van der Waals surface area contributed by atoms with Crippen molar-refractivity contribution in [1.82, 2.24) is 5.32 Å². The van der Waals surface area contributed by atoms with Gasteiger partial charge in [0.1, 0.15) is 23.0 Å². The van der Waals surface area contributed by atoms with Gasteiger partial charge in [-0.25, -0.2) is 13.2 Å². The van der Waals surface area contributed by atoms with Crippen LogP contribution in [0.25, 0.3) is 0 Å². The van der Waals surface area contributed by atoms with Crippen molar-refractivity contribution >= 4 is 17.7 Å². The Kier molecular flexibility index (Phi) is 4.47. The molecule has 7 heteroatoms. The molecule has 1 aromatic carbocycles. The molecular weight excluding hydrogens is 301 g/mol. The molecule has 0 heterocycles. The van der Waals surface area contributed by atoms with E-state index in [9.17, 15) is 18.0 Å². The molecule has 1 saturated carbocycles. The third-order valence-corrected chi connectivity index (χ3v) is 4.42. The van der Waals surface area contributed by atoms with Crippen molar-refractivity contribution in [3.63, 3.8) is 0 Å². The zero-order chi connectivity index (χ0) is 15.6. The van der Waals surface area contributed by atoms with Crippen LogP contribution in [0.5, 0.6) is 0 Å². The standard InChI is InChI=1S/C14H13F3N2OS/c1-14(7-18,8-2-3-8)19-12(20)6-21-13-10(16)4-9(15)5-11(13)17/h4-5,8H,2-3,6H2,1H3,(H,19,20)/t14-/m1/s1. The van der Waals surface area contributed by atoms with Gasteiger partial charge < -0.3 is 5.32 Å². The van der Waals surface area contributed by atoms with Crippen molar-refractivity contribution < 1.29 is 18.0 Å². The van der Waals surface area contributed by atoms with E-state index in [-0.39, 0.29) is 11.7 Å². The molecule has 1 aliphatic carbocycles. The van der Waals surface area contributed by atoms with E-state index in [1.54, 1.807) is 6.92 Å². The van der Waals surface area contributed by atoms with Crippen molar-refractivity contribution in [3.05, 3.63) is 29.6 Å². The average Bonchev–Trinajstić information content (AvgIpc) is 3.21. The molecule has 0 bridgehead atoms. The fourth-order valence-electron chi connectivity index (χ4n) is 2.01. The lowest BCUT2D eigenvalue weighted by atomic mass is 9.98. The maximum absolute atomic E-state index is 13.4. The lowest BCUT2D eigenvalue weighted by molar-refractivity contribution is -0.119. The first-order chi connectivity index (χ1) is 9.85. The summed E-state index contributed by atoms with van der Waals surface area (Å²) < 4.78 is 39.6. The van der Waals surface area contributed by atoms with Crippen molar-refractivity contribution in [1.29, 1.82) is 5.26 Å². The number of rotatable bonds is 5. The summed E-state index contributed by atoms with van der Waals surface area (Å²) in [5, 5.41) is 11.7. The Bertz CT molecular complexity index is 590. The number of amides is 1. The second-order valence-corrected chi connectivity index (χ2v) is 6.11. The number of hydrogen-bond acceptors (Lipinski definition) is 3. The number of hydrogen-bond donors (Lipinski definition) is 1. The summed E-state index contributed by atoms with van der Waals surface area (Å²) >= 11 is 0.636. The van der Waals surface area contributed by atoms with E-state index in [4.69, 9.17) is 5.26 Å². The van der Waals surface area contributed by atoms with E-state index in [2.05, 4.69) is 11.4 Å². The topological polar surface area (TPSA) is 52.9 Å². The highest BCUT2D eigenvalue weighted by molar-refractivity contribution is 8.00. The summed E-state index contributed by atoms with van der Waals surface area (Å²) in [7, 11) is 0. The Hall–Kier alpha value is -1.68. The highest BCUT2D eigenvalue weighted by Gasteiger charge is 2.42. The van der Waals surface area contributed by atoms with Gasteiger partial charge in [0.2, 0.25) is 5.91 Å². The second-order valence-electron chi connectivity index (χ2n) is 5.12. The Morgan fingerprint density at radius 1 is 1.43 bits per heavy atom. The normalized spacial score (nSPS) is 16.9. The van der Waals surface area contributed by atoms with E-state index >= 15 is 0 Å². The summed E-state index contributed by atoms with van der Waals surface area (Å²) in [4.78, 5) is 11.4. The molecule has 3 nitrogen and oxygen atoms in total. The zero-order valence-electron chi connectivity index (χ0n) is 11.3. The largest absolute Gasteiger partial charge is 0.337 e. The molecule has 0 unspecified atom stereocenters. The molecule has 0 aliphatic heterocycles. The molecule has 1 aromatic rings. The molecule has 0 aromatic heterocycles. The molecule has 112 valence electrons. The van der Waals surface area contributed by atoms with E-state index in [1.165, 1.54) is 0 Å². The smallest absolute Gasteiger partial charge is 0.231 e. The number of thioether (sulfide) groups is 1. The highest BCUT2D eigenvalue weighted by Crippen LogP contribution is 2.39. The molecule has 21 heavy (non-hydrogen) atoms. The maximum Gasteiger partial charge on any atom is 0.231 e. The number of halogens is 3. The summed E-state index contributed by atoms with van der Waals surface area (Å²) in [6.07, 6.45) is 1.75. The monoisotopic (exact) mass is 314 g/mol. The van der Waals surface area contributed by atoms with Crippen molar-refractivity contribution in [3.8, 4) is 6.07 Å². The van der Waals surface area contributed by atoms with Crippen LogP contribution in [0, 0.1) is 34.7 Å². The number of nitrogens with zero attached hydrogens (tertiary/aromatic N) is 1. The number of nitriles is 1. The molecule has 1 aliphatic rings. The van der Waals surface area contributed by atoms with Gasteiger partial charge in [-0.3, -0.25) is 4.79 Å². The Morgan fingerprint density at radius 2 is 2.00 bits per heavy atom. The molecule has 1 fully saturated rings. The molecule has 0 saturated heterocycles. The van der Waals surface area contributed by atoms with Gasteiger partial charge in [0.15, 0.2) is 0 Å². The molecule has 1 amide bonds. The lowest BCUT2D eigenvalue weighted by Gasteiger charge is -2.22. The fourth-order valence-corrected chi connectivity index (χ4v) is 2.75. The first-order valence-electron chi connectivity index (χ1n) is 6.35. The fraction of sp³-hybridized carbons (Fsp3) is 0.429. The lowest BCUT2D eigenvalue weighted by Crippen LogP contribution is -2.47. The van der Waals surface area contributed by atoms with Crippen LogP contribution in [0.3, 0.4) is 0 Å². The van der Waals surface area contributed by atoms with Crippen LogP contribution >= 0.6 is 11.8 Å². The summed E-state index contributed by atoms with van der Waals surface area (Å²) in [5.74, 6) is -3.71. The van der Waals surface area contributed by atoms with Crippen molar-refractivity contribution in [2.75, 3.05) is 5.75 Å². The predicted octanol–water partition coefficient (Wildman–Crippen LogP) is 3.00. The summed E-state index contributed by atoms with van der Waals surface area (Å²) in [5.41, 5.74) is -0.947. The first-order valence-corrected chi connectivity index (χ1v) is 7.34. The van der Waals surface area contributed by atoms with Gasteiger partial charge in [-0.15, -0.1) is 11.8 Å². The third kappa shape index (κ3) is 3.70.